The Hall–Kier alpha value is -1.48. The van der Waals surface area contributed by atoms with Gasteiger partial charge in [0, 0.05) is 18.2 Å². The summed E-state index contributed by atoms with van der Waals surface area (Å²) < 4.78 is 0. The van der Waals surface area contributed by atoms with E-state index in [9.17, 15) is 4.79 Å². The minimum absolute atomic E-state index is 0.134. The molecule has 0 N–H and O–H groups in total. The molecule has 1 radical (unpaired) electrons. The van der Waals surface area contributed by atoms with Crippen LogP contribution in [0.5, 0.6) is 0 Å². The standard InChI is InChI=1S/C13H12NOS/c1-2-6-11(15)12-9-14-13(16-12)10-7-4-3-5-8-10/h3-5,7-9H,1-2,6H2. The number of hydrogen-bond acceptors (Lipinski definition) is 3. The summed E-state index contributed by atoms with van der Waals surface area (Å²) in [5, 5.41) is 0.896. The quantitative estimate of drug-likeness (QED) is 0.751. The van der Waals surface area contributed by atoms with E-state index in [4.69, 9.17) is 0 Å². The maximum Gasteiger partial charge on any atom is 0.174 e. The number of benzene rings is 1. The van der Waals surface area contributed by atoms with Crippen LogP contribution in [-0.4, -0.2) is 10.8 Å². The third kappa shape index (κ3) is 2.36. The van der Waals surface area contributed by atoms with Gasteiger partial charge in [0.15, 0.2) is 5.78 Å². The SMILES string of the molecule is [CH2]CCC(=O)c1cnc(-c2ccccc2)s1. The Morgan fingerprint density at radius 1 is 1.31 bits per heavy atom. The topological polar surface area (TPSA) is 30.0 Å². The van der Waals surface area contributed by atoms with Gasteiger partial charge in [-0.3, -0.25) is 4.79 Å². The van der Waals surface area contributed by atoms with Crippen molar-refractivity contribution in [1.82, 2.24) is 4.98 Å². The monoisotopic (exact) mass is 230 g/mol. The molecule has 0 aliphatic heterocycles. The van der Waals surface area contributed by atoms with Gasteiger partial charge < -0.3 is 0 Å². The van der Waals surface area contributed by atoms with E-state index in [0.29, 0.717) is 12.8 Å². The van der Waals surface area contributed by atoms with Crippen molar-refractivity contribution in [3.8, 4) is 10.6 Å². The van der Waals surface area contributed by atoms with E-state index in [1.165, 1.54) is 11.3 Å². The third-order valence-electron chi connectivity index (χ3n) is 2.21. The van der Waals surface area contributed by atoms with Gasteiger partial charge in [-0.05, 0) is 6.42 Å². The minimum Gasteiger partial charge on any atom is -0.293 e. The molecule has 2 aromatic rings. The fourth-order valence-electron chi connectivity index (χ4n) is 1.40. The molecule has 0 aliphatic rings. The second-order valence-corrected chi connectivity index (χ2v) is 4.45. The lowest BCUT2D eigenvalue weighted by atomic mass is 10.2. The summed E-state index contributed by atoms with van der Waals surface area (Å²) in [7, 11) is 0. The van der Waals surface area contributed by atoms with Crippen molar-refractivity contribution in [3.05, 3.63) is 48.3 Å². The average molecular weight is 230 g/mol. The number of aromatic nitrogens is 1. The summed E-state index contributed by atoms with van der Waals surface area (Å²) in [5.41, 5.74) is 1.06. The minimum atomic E-state index is 0.134. The van der Waals surface area contributed by atoms with Crippen molar-refractivity contribution >= 4 is 17.1 Å². The first-order valence-electron chi connectivity index (χ1n) is 5.15. The predicted molar refractivity (Wildman–Crippen MR) is 66.5 cm³/mol. The van der Waals surface area contributed by atoms with E-state index < -0.39 is 0 Å². The maximum absolute atomic E-state index is 11.6. The van der Waals surface area contributed by atoms with Gasteiger partial charge >= 0.3 is 0 Å². The first-order valence-corrected chi connectivity index (χ1v) is 5.96. The number of Topliss-reactive ketones (excluding diaryl/α,β-unsaturated/α-hetero) is 1. The van der Waals surface area contributed by atoms with Gasteiger partial charge in [-0.1, -0.05) is 37.3 Å². The first kappa shape index (κ1) is 11.0. The molecule has 16 heavy (non-hydrogen) atoms. The van der Waals surface area contributed by atoms with Crippen LogP contribution >= 0.6 is 11.3 Å². The lowest BCUT2D eigenvalue weighted by molar-refractivity contribution is 0.0987. The molecular weight excluding hydrogens is 218 g/mol. The van der Waals surface area contributed by atoms with Crippen LogP contribution in [0.2, 0.25) is 0 Å². The van der Waals surface area contributed by atoms with Crippen LogP contribution < -0.4 is 0 Å². The molecule has 0 atom stereocenters. The zero-order valence-corrected chi connectivity index (χ0v) is 9.67. The van der Waals surface area contributed by atoms with Gasteiger partial charge in [-0.25, -0.2) is 4.98 Å². The maximum atomic E-state index is 11.6. The van der Waals surface area contributed by atoms with Gasteiger partial charge in [0.25, 0.3) is 0 Å². The van der Waals surface area contributed by atoms with Gasteiger partial charge in [0.05, 0.1) is 4.88 Å². The molecule has 1 heterocycles. The molecule has 0 aliphatic carbocycles. The van der Waals surface area contributed by atoms with Crippen LogP contribution in [0.25, 0.3) is 10.6 Å². The highest BCUT2D eigenvalue weighted by molar-refractivity contribution is 7.16. The number of ketones is 1. The molecule has 0 saturated carbocycles. The van der Waals surface area contributed by atoms with E-state index >= 15 is 0 Å². The summed E-state index contributed by atoms with van der Waals surface area (Å²) in [6, 6.07) is 9.89. The predicted octanol–water partition coefficient (Wildman–Crippen LogP) is 3.61. The Kier molecular flexibility index (Phi) is 3.47. The van der Waals surface area contributed by atoms with Crippen LogP contribution in [0.15, 0.2) is 36.5 Å². The largest absolute Gasteiger partial charge is 0.293 e. The number of carbonyl (C=O) groups excluding carboxylic acids is 1. The van der Waals surface area contributed by atoms with Crippen molar-refractivity contribution in [2.75, 3.05) is 0 Å². The van der Waals surface area contributed by atoms with Crippen LogP contribution in [0, 0.1) is 6.92 Å². The highest BCUT2D eigenvalue weighted by atomic mass is 32.1. The lowest BCUT2D eigenvalue weighted by Crippen LogP contribution is -1.93. The molecule has 0 bridgehead atoms. The smallest absolute Gasteiger partial charge is 0.174 e. The van der Waals surface area contributed by atoms with Crippen LogP contribution in [-0.2, 0) is 0 Å². The number of nitrogens with zero attached hydrogens (tertiary/aromatic N) is 1. The Bertz CT molecular complexity index is 476. The summed E-state index contributed by atoms with van der Waals surface area (Å²) in [6.07, 6.45) is 2.79. The number of carbonyl (C=O) groups is 1. The Morgan fingerprint density at radius 2 is 2.06 bits per heavy atom. The molecule has 1 aromatic heterocycles. The van der Waals surface area contributed by atoms with Crippen molar-refractivity contribution in [1.29, 1.82) is 0 Å². The van der Waals surface area contributed by atoms with Crippen molar-refractivity contribution in [3.63, 3.8) is 0 Å². The van der Waals surface area contributed by atoms with Gasteiger partial charge in [0.2, 0.25) is 0 Å². The van der Waals surface area contributed by atoms with Gasteiger partial charge in [0.1, 0.15) is 5.01 Å². The fourth-order valence-corrected chi connectivity index (χ4v) is 2.29. The second-order valence-electron chi connectivity index (χ2n) is 3.42. The second kappa shape index (κ2) is 5.03. The molecule has 0 fully saturated rings. The Morgan fingerprint density at radius 3 is 2.75 bits per heavy atom. The number of hydrogen-bond donors (Lipinski definition) is 0. The van der Waals surface area contributed by atoms with Gasteiger partial charge in [-0.15, -0.1) is 11.3 Å². The van der Waals surface area contributed by atoms with Crippen molar-refractivity contribution in [2.24, 2.45) is 0 Å². The van der Waals surface area contributed by atoms with E-state index in [-0.39, 0.29) is 5.78 Å². The Balaban J connectivity index is 2.23. The summed E-state index contributed by atoms with van der Waals surface area (Å²) in [6.45, 7) is 3.68. The third-order valence-corrected chi connectivity index (χ3v) is 3.29. The number of thiazole rings is 1. The van der Waals surface area contributed by atoms with E-state index in [0.717, 1.165) is 15.4 Å². The highest BCUT2D eigenvalue weighted by Gasteiger charge is 2.10. The molecule has 0 amide bonds. The molecular formula is C13H12NOS. The summed E-state index contributed by atoms with van der Waals surface area (Å²) >= 11 is 1.45. The zero-order valence-electron chi connectivity index (χ0n) is 8.85. The molecule has 2 nitrogen and oxygen atoms in total. The van der Waals surface area contributed by atoms with E-state index in [1.54, 1.807) is 6.20 Å². The molecule has 3 heteroatoms. The van der Waals surface area contributed by atoms with E-state index in [2.05, 4.69) is 11.9 Å². The van der Waals surface area contributed by atoms with Gasteiger partial charge in [-0.2, -0.15) is 0 Å². The first-order chi connectivity index (χ1) is 7.81. The average Bonchev–Trinajstić information content (AvgIpc) is 2.80. The molecule has 0 unspecified atom stereocenters. The zero-order chi connectivity index (χ0) is 11.4. The van der Waals surface area contributed by atoms with Crippen molar-refractivity contribution < 1.29 is 4.79 Å². The fraction of sp³-hybridized carbons (Fsp3) is 0.154. The normalized spacial score (nSPS) is 10.3. The molecule has 0 spiro atoms. The molecule has 1 aromatic carbocycles. The molecule has 2 rings (SSSR count). The van der Waals surface area contributed by atoms with Crippen LogP contribution in [0.4, 0.5) is 0 Å². The van der Waals surface area contributed by atoms with E-state index in [1.807, 2.05) is 30.3 Å². The lowest BCUT2D eigenvalue weighted by Gasteiger charge is -1.93. The van der Waals surface area contributed by atoms with Crippen molar-refractivity contribution in [2.45, 2.75) is 12.8 Å². The summed E-state index contributed by atoms with van der Waals surface area (Å²) in [4.78, 5) is 16.6. The molecule has 0 saturated heterocycles. The molecule has 81 valence electrons. The highest BCUT2D eigenvalue weighted by Crippen LogP contribution is 2.25. The Labute approximate surface area is 99.0 Å². The van der Waals surface area contributed by atoms with Crippen LogP contribution in [0.1, 0.15) is 22.5 Å². The number of rotatable bonds is 4. The van der Waals surface area contributed by atoms with Crippen LogP contribution in [0.3, 0.4) is 0 Å². The summed E-state index contributed by atoms with van der Waals surface area (Å²) in [5.74, 6) is 0.134.